The van der Waals surface area contributed by atoms with Crippen molar-refractivity contribution in [3.63, 3.8) is 0 Å². The van der Waals surface area contributed by atoms with Crippen LogP contribution in [0.4, 0.5) is 0 Å². The van der Waals surface area contributed by atoms with E-state index in [1.165, 1.54) is 6.42 Å². The third kappa shape index (κ3) is 4.87. The quantitative estimate of drug-likeness (QED) is 0.763. The Kier molecular flexibility index (Phi) is 5.93. The molecule has 0 saturated heterocycles. The molecule has 1 saturated carbocycles. The summed E-state index contributed by atoms with van der Waals surface area (Å²) in [5.41, 5.74) is -0.246. The van der Waals surface area contributed by atoms with Gasteiger partial charge in [0.15, 0.2) is 0 Å². The Morgan fingerprint density at radius 2 is 2.18 bits per heavy atom. The van der Waals surface area contributed by atoms with Crippen molar-refractivity contribution in [3.8, 4) is 0 Å². The van der Waals surface area contributed by atoms with Gasteiger partial charge in [0, 0.05) is 10.9 Å². The predicted octanol–water partition coefficient (Wildman–Crippen LogP) is 3.05. The summed E-state index contributed by atoms with van der Waals surface area (Å²) in [6.07, 6.45) is 5.88. The molecule has 1 N–H and O–H groups in total. The molecule has 0 aromatic rings. The second-order valence-corrected chi connectivity index (χ2v) is 7.79. The first kappa shape index (κ1) is 15.4. The Hall–Kier alpha value is 0.390. The van der Waals surface area contributed by atoms with Crippen molar-refractivity contribution in [3.05, 3.63) is 0 Å². The van der Waals surface area contributed by atoms with E-state index >= 15 is 0 Å². The lowest BCUT2D eigenvalue weighted by molar-refractivity contribution is 0.241. The molecular weight excluding hydrogens is 302 g/mol. The zero-order valence-corrected chi connectivity index (χ0v) is 13.2. The van der Waals surface area contributed by atoms with Crippen LogP contribution in [0.3, 0.4) is 0 Å². The second-order valence-electron chi connectivity index (χ2n) is 5.39. The molecule has 0 spiro atoms. The van der Waals surface area contributed by atoms with E-state index in [9.17, 15) is 8.42 Å². The molecular formula is C12H24BrNO2S. The van der Waals surface area contributed by atoms with Crippen LogP contribution in [0.25, 0.3) is 0 Å². The second kappa shape index (κ2) is 6.53. The number of hydrogen-bond acceptors (Lipinski definition) is 2. The summed E-state index contributed by atoms with van der Waals surface area (Å²) < 4.78 is 26.9. The van der Waals surface area contributed by atoms with E-state index in [4.69, 9.17) is 0 Å². The highest BCUT2D eigenvalue weighted by atomic mass is 79.9. The fraction of sp³-hybridized carbons (Fsp3) is 1.00. The van der Waals surface area contributed by atoms with Gasteiger partial charge in [-0.05, 0) is 25.2 Å². The van der Waals surface area contributed by atoms with Crippen molar-refractivity contribution in [2.45, 2.75) is 57.9 Å². The minimum absolute atomic E-state index is 0.246. The van der Waals surface area contributed by atoms with Crippen LogP contribution in [0.2, 0.25) is 0 Å². The van der Waals surface area contributed by atoms with E-state index in [-0.39, 0.29) is 11.3 Å². The molecule has 2 atom stereocenters. The number of halogens is 1. The monoisotopic (exact) mass is 325 g/mol. The van der Waals surface area contributed by atoms with E-state index < -0.39 is 10.0 Å². The third-order valence-corrected chi connectivity index (χ3v) is 6.13. The predicted molar refractivity (Wildman–Crippen MR) is 76.0 cm³/mol. The SMILES string of the molecule is CCCCS(=O)(=O)NC1(CBr)CCCC(C)C1. The van der Waals surface area contributed by atoms with Crippen LogP contribution in [0.15, 0.2) is 0 Å². The fourth-order valence-corrected chi connectivity index (χ4v) is 5.14. The topological polar surface area (TPSA) is 46.2 Å². The van der Waals surface area contributed by atoms with Gasteiger partial charge in [0.25, 0.3) is 0 Å². The van der Waals surface area contributed by atoms with Crippen molar-refractivity contribution in [1.29, 1.82) is 0 Å². The van der Waals surface area contributed by atoms with Gasteiger partial charge in [-0.1, -0.05) is 49.0 Å². The van der Waals surface area contributed by atoms with E-state index in [1.807, 2.05) is 6.92 Å². The van der Waals surface area contributed by atoms with Crippen LogP contribution in [0, 0.1) is 5.92 Å². The van der Waals surface area contributed by atoms with Crippen LogP contribution >= 0.6 is 15.9 Å². The molecule has 0 radical (unpaired) electrons. The molecule has 2 unspecified atom stereocenters. The van der Waals surface area contributed by atoms with Crippen LogP contribution in [-0.2, 0) is 10.0 Å². The molecule has 0 heterocycles. The summed E-state index contributed by atoms with van der Waals surface area (Å²) in [4.78, 5) is 0. The summed E-state index contributed by atoms with van der Waals surface area (Å²) in [6, 6.07) is 0. The third-order valence-electron chi connectivity index (χ3n) is 3.49. The Labute approximate surface area is 114 Å². The number of sulfonamides is 1. The van der Waals surface area contributed by atoms with Gasteiger partial charge >= 0.3 is 0 Å². The summed E-state index contributed by atoms with van der Waals surface area (Å²) in [7, 11) is -3.12. The van der Waals surface area contributed by atoms with E-state index in [2.05, 4.69) is 27.6 Å². The molecule has 1 aliphatic carbocycles. The summed E-state index contributed by atoms with van der Waals surface area (Å²) >= 11 is 3.49. The van der Waals surface area contributed by atoms with Gasteiger partial charge in [-0.15, -0.1) is 0 Å². The van der Waals surface area contributed by atoms with E-state index in [0.29, 0.717) is 5.92 Å². The lowest BCUT2D eigenvalue weighted by Crippen LogP contribution is -2.53. The highest BCUT2D eigenvalue weighted by Gasteiger charge is 2.37. The lowest BCUT2D eigenvalue weighted by Gasteiger charge is -2.39. The number of nitrogens with one attached hydrogen (secondary N) is 1. The molecule has 0 aromatic carbocycles. The summed E-state index contributed by atoms with van der Waals surface area (Å²) in [5.74, 6) is 0.863. The largest absolute Gasteiger partial charge is 0.212 e. The minimum Gasteiger partial charge on any atom is -0.212 e. The summed E-state index contributed by atoms with van der Waals surface area (Å²) in [5, 5.41) is 0.718. The maximum absolute atomic E-state index is 12.0. The van der Waals surface area contributed by atoms with Crippen LogP contribution in [-0.4, -0.2) is 25.0 Å². The Bertz CT molecular complexity index is 331. The highest BCUT2D eigenvalue weighted by Crippen LogP contribution is 2.34. The van der Waals surface area contributed by atoms with Crippen LogP contribution in [0.5, 0.6) is 0 Å². The molecule has 17 heavy (non-hydrogen) atoms. The zero-order chi connectivity index (χ0) is 12.9. The smallest absolute Gasteiger partial charge is 0.212 e. The first-order valence-electron chi connectivity index (χ1n) is 6.51. The van der Waals surface area contributed by atoms with Gasteiger partial charge in [-0.3, -0.25) is 0 Å². The molecule has 0 amide bonds. The van der Waals surface area contributed by atoms with Crippen LogP contribution in [0.1, 0.15) is 52.4 Å². The van der Waals surface area contributed by atoms with E-state index in [0.717, 1.165) is 37.4 Å². The van der Waals surface area contributed by atoms with Gasteiger partial charge in [-0.2, -0.15) is 0 Å². The van der Waals surface area contributed by atoms with E-state index in [1.54, 1.807) is 0 Å². The Morgan fingerprint density at radius 3 is 2.71 bits per heavy atom. The number of hydrogen-bond donors (Lipinski definition) is 1. The van der Waals surface area contributed by atoms with Crippen molar-refractivity contribution in [2.75, 3.05) is 11.1 Å². The van der Waals surface area contributed by atoms with Gasteiger partial charge in [-0.25, -0.2) is 13.1 Å². The molecule has 1 rings (SSSR count). The number of alkyl halides is 1. The number of rotatable bonds is 6. The first-order valence-corrected chi connectivity index (χ1v) is 9.28. The van der Waals surface area contributed by atoms with Crippen molar-refractivity contribution >= 4 is 26.0 Å². The molecule has 102 valence electrons. The number of unbranched alkanes of at least 4 members (excludes halogenated alkanes) is 1. The standard InChI is InChI=1S/C12H24BrNO2S/c1-3-4-8-17(15,16)14-12(10-13)7-5-6-11(2)9-12/h11,14H,3-10H2,1-2H3. The normalized spacial score (nSPS) is 30.4. The fourth-order valence-electron chi connectivity index (χ4n) is 2.62. The zero-order valence-electron chi connectivity index (χ0n) is 10.8. The molecule has 5 heteroatoms. The van der Waals surface area contributed by atoms with Gasteiger partial charge in [0.2, 0.25) is 10.0 Å². The van der Waals surface area contributed by atoms with Crippen molar-refractivity contribution in [2.24, 2.45) is 5.92 Å². The van der Waals surface area contributed by atoms with Gasteiger partial charge in [0.1, 0.15) is 0 Å². The highest BCUT2D eigenvalue weighted by molar-refractivity contribution is 9.09. The van der Waals surface area contributed by atoms with Crippen LogP contribution < -0.4 is 4.72 Å². The molecule has 3 nitrogen and oxygen atoms in total. The molecule has 0 aliphatic heterocycles. The average Bonchev–Trinajstić information content (AvgIpc) is 2.26. The molecule has 1 fully saturated rings. The van der Waals surface area contributed by atoms with Crippen molar-refractivity contribution in [1.82, 2.24) is 4.72 Å². The first-order chi connectivity index (χ1) is 7.93. The maximum Gasteiger partial charge on any atom is 0.212 e. The van der Waals surface area contributed by atoms with Gasteiger partial charge < -0.3 is 0 Å². The Morgan fingerprint density at radius 1 is 1.47 bits per heavy atom. The molecule has 0 aromatic heterocycles. The molecule has 0 bridgehead atoms. The molecule has 1 aliphatic rings. The lowest BCUT2D eigenvalue weighted by atomic mass is 9.78. The Balaban J connectivity index is 2.68. The minimum atomic E-state index is -3.12. The van der Waals surface area contributed by atoms with Gasteiger partial charge in [0.05, 0.1) is 5.75 Å². The summed E-state index contributed by atoms with van der Waals surface area (Å²) in [6.45, 7) is 4.22. The average molecular weight is 326 g/mol. The van der Waals surface area contributed by atoms with Crippen molar-refractivity contribution < 1.29 is 8.42 Å². The maximum atomic E-state index is 12.0.